The van der Waals surface area contributed by atoms with Gasteiger partial charge in [0, 0.05) is 18.9 Å². The van der Waals surface area contributed by atoms with Gasteiger partial charge in [0.2, 0.25) is 11.8 Å². The maximum absolute atomic E-state index is 11.7. The first-order chi connectivity index (χ1) is 9.91. The van der Waals surface area contributed by atoms with Gasteiger partial charge < -0.3 is 5.11 Å². The molecule has 1 fully saturated rings. The molecule has 0 saturated carbocycles. The molecule has 0 bridgehead atoms. The summed E-state index contributed by atoms with van der Waals surface area (Å²) in [7, 11) is 0. The van der Waals surface area contributed by atoms with E-state index in [9.17, 15) is 24.5 Å². The van der Waals surface area contributed by atoms with Gasteiger partial charge in [-0.3, -0.25) is 24.6 Å². The SMILES string of the molecule is O=C(O)c1c(CN2C(=O)CCCC2=O)cccc1[N+](=O)[O-]. The Hall–Kier alpha value is -2.77. The maximum Gasteiger partial charge on any atom is 0.343 e. The van der Waals surface area contributed by atoms with Crippen molar-refractivity contribution in [3.8, 4) is 0 Å². The average molecular weight is 292 g/mol. The molecule has 1 aromatic carbocycles. The summed E-state index contributed by atoms with van der Waals surface area (Å²) in [5, 5.41) is 20.1. The van der Waals surface area contributed by atoms with Gasteiger partial charge in [0.05, 0.1) is 11.5 Å². The predicted octanol–water partition coefficient (Wildman–Crippen LogP) is 1.33. The van der Waals surface area contributed by atoms with Crippen molar-refractivity contribution in [1.29, 1.82) is 0 Å². The molecule has 1 heterocycles. The minimum atomic E-state index is -1.46. The summed E-state index contributed by atoms with van der Waals surface area (Å²) >= 11 is 0. The largest absolute Gasteiger partial charge is 0.477 e. The van der Waals surface area contributed by atoms with Gasteiger partial charge in [-0.25, -0.2) is 4.79 Å². The van der Waals surface area contributed by atoms with Crippen molar-refractivity contribution in [2.75, 3.05) is 0 Å². The van der Waals surface area contributed by atoms with Crippen LogP contribution in [0.4, 0.5) is 5.69 Å². The van der Waals surface area contributed by atoms with Crippen LogP contribution in [0.3, 0.4) is 0 Å². The lowest BCUT2D eigenvalue weighted by Crippen LogP contribution is -2.39. The molecule has 0 unspecified atom stereocenters. The third-order valence-corrected chi connectivity index (χ3v) is 3.25. The van der Waals surface area contributed by atoms with Crippen LogP contribution in [0.15, 0.2) is 18.2 Å². The van der Waals surface area contributed by atoms with Crippen LogP contribution in [-0.4, -0.2) is 32.7 Å². The third kappa shape index (κ3) is 2.88. The second kappa shape index (κ2) is 5.70. The highest BCUT2D eigenvalue weighted by Crippen LogP contribution is 2.25. The number of nitro benzene ring substituents is 1. The van der Waals surface area contributed by atoms with Crippen LogP contribution in [0, 0.1) is 10.1 Å². The van der Waals surface area contributed by atoms with Crippen molar-refractivity contribution in [3.63, 3.8) is 0 Å². The first-order valence-electron chi connectivity index (χ1n) is 6.24. The fourth-order valence-corrected chi connectivity index (χ4v) is 2.26. The number of hydrogen-bond acceptors (Lipinski definition) is 5. The highest BCUT2D eigenvalue weighted by Gasteiger charge is 2.30. The third-order valence-electron chi connectivity index (χ3n) is 3.25. The standard InChI is InChI=1S/C13H12N2O6/c16-10-5-2-6-11(17)14(10)7-8-3-1-4-9(15(20)21)12(8)13(18)19/h1,3-4H,2,5-7H2,(H,18,19). The number of rotatable bonds is 4. The van der Waals surface area contributed by atoms with Gasteiger partial charge in [0.1, 0.15) is 5.56 Å². The van der Waals surface area contributed by atoms with E-state index in [1.165, 1.54) is 12.1 Å². The molecule has 1 aromatic rings. The lowest BCUT2D eigenvalue weighted by Gasteiger charge is -2.25. The number of benzene rings is 1. The van der Waals surface area contributed by atoms with E-state index in [0.717, 1.165) is 11.0 Å². The number of imide groups is 1. The van der Waals surface area contributed by atoms with Crippen LogP contribution in [0.25, 0.3) is 0 Å². The molecule has 1 saturated heterocycles. The minimum absolute atomic E-state index is 0.0697. The zero-order chi connectivity index (χ0) is 15.6. The van der Waals surface area contributed by atoms with E-state index in [2.05, 4.69) is 0 Å². The Balaban J connectivity index is 2.42. The molecular weight excluding hydrogens is 280 g/mol. The number of carbonyl (C=O) groups excluding carboxylic acids is 2. The minimum Gasteiger partial charge on any atom is -0.477 e. The number of hydrogen-bond donors (Lipinski definition) is 1. The molecule has 0 radical (unpaired) electrons. The summed E-state index contributed by atoms with van der Waals surface area (Å²) in [4.78, 5) is 45.8. The van der Waals surface area contributed by atoms with E-state index >= 15 is 0 Å². The number of carboxylic acids is 1. The molecular formula is C13H12N2O6. The molecule has 21 heavy (non-hydrogen) atoms. The number of amides is 2. The molecule has 2 rings (SSSR count). The summed E-state index contributed by atoms with van der Waals surface area (Å²) in [6.45, 7) is -0.263. The number of nitrogens with zero attached hydrogens (tertiary/aromatic N) is 2. The molecule has 1 N–H and O–H groups in total. The molecule has 1 aliphatic heterocycles. The predicted molar refractivity (Wildman–Crippen MR) is 69.5 cm³/mol. The van der Waals surface area contributed by atoms with Crippen LogP contribution in [0.1, 0.15) is 35.2 Å². The lowest BCUT2D eigenvalue weighted by molar-refractivity contribution is -0.385. The van der Waals surface area contributed by atoms with Crippen molar-refractivity contribution < 1.29 is 24.4 Å². The van der Waals surface area contributed by atoms with E-state index in [1.54, 1.807) is 0 Å². The van der Waals surface area contributed by atoms with Gasteiger partial charge in [0.15, 0.2) is 0 Å². The van der Waals surface area contributed by atoms with Crippen LogP contribution in [-0.2, 0) is 16.1 Å². The van der Waals surface area contributed by atoms with Gasteiger partial charge in [0.25, 0.3) is 5.69 Å². The Morgan fingerprint density at radius 2 is 1.90 bits per heavy atom. The van der Waals surface area contributed by atoms with Gasteiger partial charge in [-0.05, 0) is 12.0 Å². The zero-order valence-electron chi connectivity index (χ0n) is 10.9. The molecule has 2 amide bonds. The number of piperidine rings is 1. The van der Waals surface area contributed by atoms with Gasteiger partial charge in [-0.1, -0.05) is 12.1 Å². The van der Waals surface area contributed by atoms with Crippen molar-refractivity contribution in [3.05, 3.63) is 39.4 Å². The molecule has 110 valence electrons. The summed E-state index contributed by atoms with van der Waals surface area (Å²) in [6.07, 6.45) is 0.890. The fourth-order valence-electron chi connectivity index (χ4n) is 2.26. The summed E-state index contributed by atoms with van der Waals surface area (Å²) < 4.78 is 0. The topological polar surface area (TPSA) is 118 Å². The number of aromatic carboxylic acids is 1. The normalized spacial score (nSPS) is 15.1. The molecule has 0 aromatic heterocycles. The highest BCUT2D eigenvalue weighted by atomic mass is 16.6. The lowest BCUT2D eigenvalue weighted by atomic mass is 10.0. The molecule has 0 spiro atoms. The number of carboxylic acid groups (broad SMARTS) is 1. The second-order valence-corrected chi connectivity index (χ2v) is 4.60. The van der Waals surface area contributed by atoms with Gasteiger partial charge in [-0.2, -0.15) is 0 Å². The summed E-state index contributed by atoms with van der Waals surface area (Å²) in [5.74, 6) is -2.25. The first-order valence-corrected chi connectivity index (χ1v) is 6.24. The van der Waals surface area contributed by atoms with Crippen LogP contribution >= 0.6 is 0 Å². The molecule has 8 nitrogen and oxygen atoms in total. The number of nitro groups is 1. The van der Waals surface area contributed by atoms with Crippen molar-refractivity contribution >= 4 is 23.5 Å². The fraction of sp³-hybridized carbons (Fsp3) is 0.308. The highest BCUT2D eigenvalue weighted by molar-refractivity contribution is 5.98. The Morgan fingerprint density at radius 3 is 2.43 bits per heavy atom. The quantitative estimate of drug-likeness (QED) is 0.508. The summed E-state index contributed by atoms with van der Waals surface area (Å²) in [6, 6.07) is 3.78. The monoisotopic (exact) mass is 292 g/mol. The van der Waals surface area contributed by atoms with Crippen molar-refractivity contribution in [2.45, 2.75) is 25.8 Å². The Labute approximate surface area is 119 Å². The Morgan fingerprint density at radius 1 is 1.29 bits per heavy atom. The van der Waals surface area contributed by atoms with Gasteiger partial charge in [-0.15, -0.1) is 0 Å². The van der Waals surface area contributed by atoms with E-state index in [-0.39, 0.29) is 24.9 Å². The smallest absolute Gasteiger partial charge is 0.343 e. The summed E-state index contributed by atoms with van der Waals surface area (Å²) in [5.41, 5.74) is -0.981. The maximum atomic E-state index is 11.7. The van der Waals surface area contributed by atoms with E-state index < -0.39 is 34.0 Å². The molecule has 8 heteroatoms. The van der Waals surface area contributed by atoms with Gasteiger partial charge >= 0.3 is 5.97 Å². The Bertz CT molecular complexity index is 624. The zero-order valence-corrected chi connectivity index (χ0v) is 10.9. The van der Waals surface area contributed by atoms with Crippen molar-refractivity contribution in [2.24, 2.45) is 0 Å². The Kier molecular flexibility index (Phi) is 3.97. The van der Waals surface area contributed by atoms with Crippen LogP contribution in [0.2, 0.25) is 0 Å². The van der Waals surface area contributed by atoms with Crippen LogP contribution < -0.4 is 0 Å². The average Bonchev–Trinajstić information content (AvgIpc) is 2.42. The first kappa shape index (κ1) is 14.6. The van der Waals surface area contributed by atoms with Crippen molar-refractivity contribution in [1.82, 2.24) is 4.90 Å². The van der Waals surface area contributed by atoms with E-state index in [0.29, 0.717) is 6.42 Å². The molecule has 1 aliphatic rings. The molecule has 0 aliphatic carbocycles. The van der Waals surface area contributed by atoms with E-state index in [4.69, 9.17) is 5.11 Å². The van der Waals surface area contributed by atoms with Crippen LogP contribution in [0.5, 0.6) is 0 Å². The number of carbonyl (C=O) groups is 3. The second-order valence-electron chi connectivity index (χ2n) is 4.60. The number of likely N-dealkylation sites (tertiary alicyclic amines) is 1. The molecule has 0 atom stereocenters. The van der Waals surface area contributed by atoms with E-state index in [1.807, 2.05) is 0 Å².